The van der Waals surface area contributed by atoms with Crippen LogP contribution in [0.15, 0.2) is 0 Å². The lowest BCUT2D eigenvalue weighted by atomic mass is 10.00. The van der Waals surface area contributed by atoms with Crippen molar-refractivity contribution in [1.29, 1.82) is 0 Å². The van der Waals surface area contributed by atoms with Crippen LogP contribution in [0.5, 0.6) is 0 Å². The van der Waals surface area contributed by atoms with Crippen LogP contribution in [0.2, 0.25) is 0 Å². The zero-order valence-electron chi connectivity index (χ0n) is 10.6. The third-order valence-electron chi connectivity index (χ3n) is 3.19. The van der Waals surface area contributed by atoms with E-state index in [1.807, 2.05) is 13.8 Å². The van der Waals surface area contributed by atoms with Gasteiger partial charge in [0.25, 0.3) is 0 Å². The van der Waals surface area contributed by atoms with Gasteiger partial charge in [0.1, 0.15) is 0 Å². The summed E-state index contributed by atoms with van der Waals surface area (Å²) in [5.41, 5.74) is 0. The molecule has 0 spiro atoms. The Morgan fingerprint density at radius 2 is 2.25 bits per heavy atom. The molecule has 1 saturated heterocycles. The van der Waals surface area contributed by atoms with Crippen molar-refractivity contribution >= 4 is 5.91 Å². The first kappa shape index (κ1) is 13.5. The summed E-state index contributed by atoms with van der Waals surface area (Å²) < 4.78 is 5.32. The Labute approximate surface area is 98.1 Å². The van der Waals surface area contributed by atoms with Crippen molar-refractivity contribution in [1.82, 2.24) is 10.6 Å². The van der Waals surface area contributed by atoms with E-state index in [1.165, 1.54) is 0 Å². The fraction of sp³-hybridized carbons (Fsp3) is 0.917. The number of amides is 1. The van der Waals surface area contributed by atoms with E-state index in [-0.39, 0.29) is 17.9 Å². The summed E-state index contributed by atoms with van der Waals surface area (Å²) in [6, 6.07) is 0.221. The maximum Gasteiger partial charge on any atom is 0.224 e. The summed E-state index contributed by atoms with van der Waals surface area (Å²) in [5, 5.41) is 6.26. The average Bonchev–Trinajstić information content (AvgIpc) is 2.79. The van der Waals surface area contributed by atoms with Gasteiger partial charge in [-0.1, -0.05) is 13.8 Å². The first-order valence-corrected chi connectivity index (χ1v) is 6.24. The Morgan fingerprint density at radius 1 is 1.50 bits per heavy atom. The lowest BCUT2D eigenvalue weighted by Gasteiger charge is -2.21. The van der Waals surface area contributed by atoms with Crippen molar-refractivity contribution < 1.29 is 9.53 Å². The predicted molar refractivity (Wildman–Crippen MR) is 64.2 cm³/mol. The molecule has 2 N–H and O–H groups in total. The van der Waals surface area contributed by atoms with E-state index in [4.69, 9.17) is 4.74 Å². The van der Waals surface area contributed by atoms with E-state index in [2.05, 4.69) is 17.6 Å². The highest BCUT2D eigenvalue weighted by Gasteiger charge is 2.24. The van der Waals surface area contributed by atoms with Crippen LogP contribution in [0.25, 0.3) is 0 Å². The van der Waals surface area contributed by atoms with Crippen LogP contribution in [0.1, 0.15) is 27.2 Å². The van der Waals surface area contributed by atoms with Gasteiger partial charge in [-0.15, -0.1) is 0 Å². The van der Waals surface area contributed by atoms with Gasteiger partial charge in [0.2, 0.25) is 5.91 Å². The molecule has 4 nitrogen and oxygen atoms in total. The zero-order valence-corrected chi connectivity index (χ0v) is 10.6. The fourth-order valence-electron chi connectivity index (χ4n) is 1.89. The maximum absolute atomic E-state index is 11.8. The van der Waals surface area contributed by atoms with Crippen LogP contribution >= 0.6 is 0 Å². The van der Waals surface area contributed by atoms with E-state index in [9.17, 15) is 4.79 Å². The summed E-state index contributed by atoms with van der Waals surface area (Å²) in [6.07, 6.45) is 1.06. The Morgan fingerprint density at radius 3 is 2.81 bits per heavy atom. The van der Waals surface area contributed by atoms with E-state index in [1.54, 1.807) is 0 Å². The summed E-state index contributed by atoms with van der Waals surface area (Å²) in [7, 11) is 0. The monoisotopic (exact) mass is 228 g/mol. The lowest BCUT2D eigenvalue weighted by Crippen LogP contribution is -2.43. The molecular weight excluding hydrogens is 204 g/mol. The van der Waals surface area contributed by atoms with E-state index in [0.717, 1.165) is 32.7 Å². The highest BCUT2D eigenvalue weighted by molar-refractivity contribution is 5.78. The molecule has 0 aliphatic carbocycles. The molecule has 16 heavy (non-hydrogen) atoms. The Kier molecular flexibility index (Phi) is 5.77. The molecule has 1 rings (SSSR count). The van der Waals surface area contributed by atoms with Crippen molar-refractivity contribution in [3.8, 4) is 0 Å². The molecule has 0 radical (unpaired) electrons. The molecular formula is C12H24N2O2. The molecule has 0 bridgehead atoms. The Hall–Kier alpha value is -0.610. The van der Waals surface area contributed by atoms with E-state index < -0.39 is 0 Å². The van der Waals surface area contributed by atoms with Crippen molar-refractivity contribution in [2.24, 2.45) is 11.8 Å². The molecule has 94 valence electrons. The molecule has 0 aromatic carbocycles. The van der Waals surface area contributed by atoms with Gasteiger partial charge in [0.15, 0.2) is 0 Å². The van der Waals surface area contributed by atoms with Gasteiger partial charge in [0.05, 0.1) is 6.61 Å². The SMILES string of the molecule is CCNCC(C)C(=O)NC(C)C1CCOC1. The number of ether oxygens (including phenoxy) is 1. The molecule has 1 amide bonds. The number of rotatable bonds is 6. The van der Waals surface area contributed by atoms with Crippen LogP contribution in [-0.2, 0) is 9.53 Å². The summed E-state index contributed by atoms with van der Waals surface area (Å²) >= 11 is 0. The average molecular weight is 228 g/mol. The lowest BCUT2D eigenvalue weighted by molar-refractivity contribution is -0.125. The van der Waals surface area contributed by atoms with Crippen LogP contribution in [0, 0.1) is 11.8 Å². The molecule has 3 atom stereocenters. The number of nitrogens with one attached hydrogen (secondary N) is 2. The molecule has 0 aromatic rings. The molecule has 0 aromatic heterocycles. The van der Waals surface area contributed by atoms with Gasteiger partial charge in [-0.05, 0) is 19.9 Å². The standard InChI is InChI=1S/C12H24N2O2/c1-4-13-7-9(2)12(15)14-10(3)11-5-6-16-8-11/h9-11,13H,4-8H2,1-3H3,(H,14,15). The molecule has 1 aliphatic heterocycles. The van der Waals surface area contributed by atoms with Crippen molar-refractivity contribution in [3.63, 3.8) is 0 Å². The Bertz CT molecular complexity index is 215. The van der Waals surface area contributed by atoms with E-state index in [0.29, 0.717) is 5.92 Å². The third-order valence-corrected chi connectivity index (χ3v) is 3.19. The second-order valence-corrected chi connectivity index (χ2v) is 4.63. The normalized spacial score (nSPS) is 24.1. The molecule has 1 aliphatic rings. The summed E-state index contributed by atoms with van der Waals surface area (Å²) in [6.45, 7) is 9.33. The molecule has 3 unspecified atom stereocenters. The number of carbonyl (C=O) groups is 1. The second-order valence-electron chi connectivity index (χ2n) is 4.63. The minimum Gasteiger partial charge on any atom is -0.381 e. The van der Waals surface area contributed by atoms with Gasteiger partial charge >= 0.3 is 0 Å². The third kappa shape index (κ3) is 4.10. The van der Waals surface area contributed by atoms with Gasteiger partial charge in [-0.25, -0.2) is 0 Å². The van der Waals surface area contributed by atoms with Gasteiger partial charge in [-0.3, -0.25) is 4.79 Å². The first-order chi connectivity index (χ1) is 7.65. The van der Waals surface area contributed by atoms with Crippen molar-refractivity contribution in [2.45, 2.75) is 33.2 Å². The topological polar surface area (TPSA) is 50.4 Å². The highest BCUT2D eigenvalue weighted by Crippen LogP contribution is 2.16. The minimum atomic E-state index is 0.0321. The Balaban J connectivity index is 2.26. The zero-order chi connectivity index (χ0) is 12.0. The molecule has 1 heterocycles. The van der Waals surface area contributed by atoms with Gasteiger partial charge in [-0.2, -0.15) is 0 Å². The van der Waals surface area contributed by atoms with Crippen LogP contribution in [0.4, 0.5) is 0 Å². The molecule has 0 saturated carbocycles. The van der Waals surface area contributed by atoms with E-state index >= 15 is 0 Å². The van der Waals surface area contributed by atoms with Crippen LogP contribution in [-0.4, -0.2) is 38.3 Å². The van der Waals surface area contributed by atoms with Crippen molar-refractivity contribution in [2.75, 3.05) is 26.3 Å². The number of hydrogen-bond acceptors (Lipinski definition) is 3. The highest BCUT2D eigenvalue weighted by atomic mass is 16.5. The second kappa shape index (κ2) is 6.86. The largest absolute Gasteiger partial charge is 0.381 e. The minimum absolute atomic E-state index is 0.0321. The molecule has 1 fully saturated rings. The smallest absolute Gasteiger partial charge is 0.224 e. The summed E-state index contributed by atoms with van der Waals surface area (Å²) in [5.74, 6) is 0.653. The van der Waals surface area contributed by atoms with Crippen LogP contribution < -0.4 is 10.6 Å². The number of carbonyl (C=O) groups excluding carboxylic acids is 1. The fourth-order valence-corrected chi connectivity index (χ4v) is 1.89. The van der Waals surface area contributed by atoms with Gasteiger partial charge < -0.3 is 15.4 Å². The molecule has 4 heteroatoms. The quantitative estimate of drug-likeness (QED) is 0.706. The van der Waals surface area contributed by atoms with Crippen molar-refractivity contribution in [3.05, 3.63) is 0 Å². The summed E-state index contributed by atoms with van der Waals surface area (Å²) in [4.78, 5) is 11.8. The van der Waals surface area contributed by atoms with Crippen LogP contribution in [0.3, 0.4) is 0 Å². The number of hydrogen-bond donors (Lipinski definition) is 2. The van der Waals surface area contributed by atoms with Gasteiger partial charge in [0, 0.05) is 31.0 Å². The first-order valence-electron chi connectivity index (χ1n) is 6.24. The maximum atomic E-state index is 11.8. The predicted octanol–water partition coefficient (Wildman–Crippen LogP) is 0.773.